The molecule has 0 saturated carbocycles. The highest BCUT2D eigenvalue weighted by Gasteiger charge is 2.32. The quantitative estimate of drug-likeness (QED) is 0.695. The molecule has 0 bridgehead atoms. The Bertz CT molecular complexity index is 850. The smallest absolute Gasteiger partial charge is 0.318 e. The first-order valence-electron chi connectivity index (χ1n) is 7.71. The molecule has 2 heterocycles. The minimum atomic E-state index is -0.402. The number of nitrogens with one attached hydrogen (secondary N) is 1. The summed E-state index contributed by atoms with van der Waals surface area (Å²) in [5.41, 5.74) is 3.80. The van der Waals surface area contributed by atoms with Crippen LogP contribution >= 0.6 is 0 Å². The lowest BCUT2D eigenvalue weighted by Crippen LogP contribution is -2.30. The molecule has 1 aliphatic rings. The van der Waals surface area contributed by atoms with Crippen LogP contribution in [0.15, 0.2) is 36.0 Å². The number of amides is 3. The summed E-state index contributed by atoms with van der Waals surface area (Å²) in [6.45, 7) is 5.94. The summed E-state index contributed by atoms with van der Waals surface area (Å²) in [6.07, 6.45) is 1.68. The molecule has 3 amide bonds. The number of urea groups is 1. The average Bonchev–Trinajstić information content (AvgIpc) is 2.97. The molecular formula is C18H18FN3O2. The number of imide groups is 1. The summed E-state index contributed by atoms with van der Waals surface area (Å²) in [5, 5.41) is 2.60. The van der Waals surface area contributed by atoms with Crippen LogP contribution in [0, 0.1) is 19.7 Å². The SMILES string of the molecule is CCN1C(=O)N/C(=C/c2cc(C)n(-c3ccc(F)cc3)c2C)C1=O. The fraction of sp³-hybridized carbons (Fsp3) is 0.222. The lowest BCUT2D eigenvalue weighted by molar-refractivity contribution is -0.122. The van der Waals surface area contributed by atoms with E-state index in [9.17, 15) is 14.0 Å². The summed E-state index contributed by atoms with van der Waals surface area (Å²) >= 11 is 0. The first-order valence-corrected chi connectivity index (χ1v) is 7.71. The van der Waals surface area contributed by atoms with Crippen molar-refractivity contribution in [1.29, 1.82) is 0 Å². The molecule has 1 aliphatic heterocycles. The number of nitrogens with zero attached hydrogens (tertiary/aromatic N) is 2. The van der Waals surface area contributed by atoms with E-state index in [-0.39, 0.29) is 17.4 Å². The van der Waals surface area contributed by atoms with Crippen molar-refractivity contribution >= 4 is 18.0 Å². The van der Waals surface area contributed by atoms with Gasteiger partial charge >= 0.3 is 6.03 Å². The monoisotopic (exact) mass is 327 g/mol. The number of likely N-dealkylation sites (N-methyl/N-ethyl adjacent to an activating group) is 1. The molecule has 0 spiro atoms. The number of aryl methyl sites for hydroxylation is 1. The van der Waals surface area contributed by atoms with Gasteiger partial charge in [0.25, 0.3) is 5.91 Å². The molecular weight excluding hydrogens is 309 g/mol. The van der Waals surface area contributed by atoms with Crippen molar-refractivity contribution in [3.63, 3.8) is 0 Å². The number of aromatic nitrogens is 1. The van der Waals surface area contributed by atoms with Gasteiger partial charge in [0.15, 0.2) is 0 Å². The number of carbonyl (C=O) groups excluding carboxylic acids is 2. The summed E-state index contributed by atoms with van der Waals surface area (Å²) in [6, 6.07) is 7.75. The Hall–Kier alpha value is -2.89. The van der Waals surface area contributed by atoms with Crippen molar-refractivity contribution in [2.75, 3.05) is 6.54 Å². The van der Waals surface area contributed by atoms with Crippen molar-refractivity contribution in [1.82, 2.24) is 14.8 Å². The molecule has 0 unspecified atom stereocenters. The maximum Gasteiger partial charge on any atom is 0.328 e. The number of benzene rings is 1. The van der Waals surface area contributed by atoms with Gasteiger partial charge in [-0.25, -0.2) is 9.18 Å². The topological polar surface area (TPSA) is 54.3 Å². The zero-order valence-corrected chi connectivity index (χ0v) is 13.8. The molecule has 2 aromatic rings. The Morgan fingerprint density at radius 3 is 2.42 bits per heavy atom. The lowest BCUT2D eigenvalue weighted by Gasteiger charge is -2.09. The second kappa shape index (κ2) is 5.96. The van der Waals surface area contributed by atoms with E-state index < -0.39 is 6.03 Å². The first-order chi connectivity index (χ1) is 11.4. The van der Waals surface area contributed by atoms with Crippen LogP contribution in [0.1, 0.15) is 23.9 Å². The Morgan fingerprint density at radius 2 is 1.83 bits per heavy atom. The Kier molecular flexibility index (Phi) is 3.97. The van der Waals surface area contributed by atoms with Crippen LogP contribution in [0.4, 0.5) is 9.18 Å². The van der Waals surface area contributed by atoms with Crippen LogP contribution in [0.5, 0.6) is 0 Å². The van der Waals surface area contributed by atoms with Gasteiger partial charge in [-0.2, -0.15) is 0 Å². The molecule has 1 aromatic heterocycles. The molecule has 0 radical (unpaired) electrons. The minimum absolute atomic E-state index is 0.265. The molecule has 124 valence electrons. The number of hydrogen-bond acceptors (Lipinski definition) is 2. The third-order valence-corrected chi connectivity index (χ3v) is 4.13. The molecule has 1 N–H and O–H groups in total. The highest BCUT2D eigenvalue weighted by atomic mass is 19.1. The van der Waals surface area contributed by atoms with Crippen LogP contribution < -0.4 is 5.32 Å². The van der Waals surface area contributed by atoms with Crippen molar-refractivity contribution in [2.24, 2.45) is 0 Å². The molecule has 6 heteroatoms. The van der Waals surface area contributed by atoms with Crippen molar-refractivity contribution in [3.05, 3.63) is 58.8 Å². The largest absolute Gasteiger partial charge is 0.328 e. The summed E-state index contributed by atoms with van der Waals surface area (Å²) < 4.78 is 15.1. The number of hydrogen-bond donors (Lipinski definition) is 1. The van der Waals surface area contributed by atoms with Gasteiger partial charge in [-0.3, -0.25) is 9.69 Å². The summed E-state index contributed by atoms with van der Waals surface area (Å²) in [4.78, 5) is 25.1. The van der Waals surface area contributed by atoms with E-state index >= 15 is 0 Å². The van der Waals surface area contributed by atoms with E-state index in [0.717, 1.165) is 27.5 Å². The molecule has 1 saturated heterocycles. The summed E-state index contributed by atoms with van der Waals surface area (Å²) in [7, 11) is 0. The minimum Gasteiger partial charge on any atom is -0.318 e. The number of carbonyl (C=O) groups is 2. The Balaban J connectivity index is 2.01. The van der Waals surface area contributed by atoms with E-state index in [1.165, 1.54) is 12.1 Å². The van der Waals surface area contributed by atoms with Crippen LogP contribution in [0.25, 0.3) is 11.8 Å². The second-order valence-electron chi connectivity index (χ2n) is 5.68. The Labute approximate surface area is 139 Å². The van der Waals surface area contributed by atoms with E-state index in [1.807, 2.05) is 24.5 Å². The van der Waals surface area contributed by atoms with Gasteiger partial charge in [-0.05, 0) is 62.7 Å². The van der Waals surface area contributed by atoms with Gasteiger partial charge in [0.1, 0.15) is 11.5 Å². The van der Waals surface area contributed by atoms with Gasteiger partial charge in [0.2, 0.25) is 0 Å². The van der Waals surface area contributed by atoms with Crippen LogP contribution in [0.2, 0.25) is 0 Å². The van der Waals surface area contributed by atoms with Crippen LogP contribution in [-0.2, 0) is 4.79 Å². The maximum atomic E-state index is 13.1. The highest BCUT2D eigenvalue weighted by molar-refractivity contribution is 6.14. The zero-order chi connectivity index (χ0) is 17.4. The molecule has 0 atom stereocenters. The van der Waals surface area contributed by atoms with Crippen LogP contribution in [0.3, 0.4) is 0 Å². The molecule has 24 heavy (non-hydrogen) atoms. The normalized spacial score (nSPS) is 16.2. The highest BCUT2D eigenvalue weighted by Crippen LogP contribution is 2.24. The number of rotatable bonds is 3. The molecule has 1 aromatic carbocycles. The van der Waals surface area contributed by atoms with Gasteiger partial charge in [-0.1, -0.05) is 0 Å². The van der Waals surface area contributed by atoms with E-state index in [4.69, 9.17) is 0 Å². The fourth-order valence-electron chi connectivity index (χ4n) is 2.94. The molecule has 5 nitrogen and oxygen atoms in total. The molecule has 3 rings (SSSR count). The first kappa shape index (κ1) is 16.0. The van der Waals surface area contributed by atoms with Gasteiger partial charge in [0.05, 0.1) is 0 Å². The predicted molar refractivity (Wildman–Crippen MR) is 89.1 cm³/mol. The standard InChI is InChI=1S/C18H18FN3O2/c1-4-21-17(23)16(20-18(21)24)10-13-9-11(2)22(12(13)3)15-7-5-14(19)6-8-15/h5-10H,4H2,1-3H3,(H,20,24)/b16-10+. The average molecular weight is 327 g/mol. The summed E-state index contributed by atoms with van der Waals surface area (Å²) in [5.74, 6) is -0.614. The van der Waals surface area contributed by atoms with Gasteiger partial charge in [-0.15, -0.1) is 0 Å². The van der Waals surface area contributed by atoms with E-state index in [1.54, 1.807) is 25.1 Å². The van der Waals surface area contributed by atoms with E-state index in [0.29, 0.717) is 6.54 Å². The molecule has 1 fully saturated rings. The van der Waals surface area contributed by atoms with E-state index in [2.05, 4.69) is 5.32 Å². The third kappa shape index (κ3) is 2.60. The van der Waals surface area contributed by atoms with Gasteiger partial charge in [0, 0.05) is 23.6 Å². The van der Waals surface area contributed by atoms with Crippen LogP contribution in [-0.4, -0.2) is 28.0 Å². The predicted octanol–water partition coefficient (Wildman–Crippen LogP) is 3.15. The van der Waals surface area contributed by atoms with Crippen molar-refractivity contribution in [2.45, 2.75) is 20.8 Å². The molecule has 0 aliphatic carbocycles. The van der Waals surface area contributed by atoms with Gasteiger partial charge < -0.3 is 9.88 Å². The maximum absolute atomic E-state index is 13.1. The van der Waals surface area contributed by atoms with Crippen molar-refractivity contribution in [3.8, 4) is 5.69 Å². The third-order valence-electron chi connectivity index (χ3n) is 4.13. The fourth-order valence-corrected chi connectivity index (χ4v) is 2.94. The second-order valence-corrected chi connectivity index (χ2v) is 5.68. The zero-order valence-electron chi connectivity index (χ0n) is 13.8. The number of halogens is 1. The lowest BCUT2D eigenvalue weighted by atomic mass is 10.2. The Morgan fingerprint density at radius 1 is 1.17 bits per heavy atom. The van der Waals surface area contributed by atoms with Crippen molar-refractivity contribution < 1.29 is 14.0 Å².